The fourth-order valence-corrected chi connectivity index (χ4v) is 4.53. The minimum absolute atomic E-state index is 0.127. The number of anilines is 1. The average Bonchev–Trinajstić information content (AvgIpc) is 2.80. The predicted octanol–water partition coefficient (Wildman–Crippen LogP) is 2.45. The van der Waals surface area contributed by atoms with E-state index in [4.69, 9.17) is 5.73 Å². The summed E-state index contributed by atoms with van der Waals surface area (Å²) in [5, 5.41) is 0. The molecule has 4 rings (SSSR count). The smallest absolute Gasteiger partial charge is 0.259 e. The van der Waals surface area contributed by atoms with Gasteiger partial charge in [0.25, 0.3) is 5.91 Å². The maximum atomic E-state index is 13.1. The molecule has 0 aliphatic carbocycles. The van der Waals surface area contributed by atoms with E-state index in [1.807, 2.05) is 17.2 Å². The summed E-state index contributed by atoms with van der Waals surface area (Å²) in [6, 6.07) is 4.12. The van der Waals surface area contributed by atoms with Crippen LogP contribution in [0.15, 0.2) is 37.1 Å². The normalized spacial score (nSPS) is 20.2. The number of pyridine rings is 1. The first-order chi connectivity index (χ1) is 14.6. The van der Waals surface area contributed by atoms with Crippen LogP contribution in [-0.2, 0) is 4.79 Å². The highest BCUT2D eigenvalue weighted by atomic mass is 16.2. The van der Waals surface area contributed by atoms with Gasteiger partial charge in [0.05, 0.1) is 11.6 Å². The highest BCUT2D eigenvalue weighted by Crippen LogP contribution is 2.32. The number of aromatic nitrogens is 3. The molecule has 8 nitrogen and oxygen atoms in total. The van der Waals surface area contributed by atoms with Crippen molar-refractivity contribution >= 4 is 17.6 Å². The van der Waals surface area contributed by atoms with Gasteiger partial charge < -0.3 is 15.5 Å². The summed E-state index contributed by atoms with van der Waals surface area (Å²) in [7, 11) is 0. The second kappa shape index (κ2) is 9.19. The molecule has 2 saturated heterocycles. The lowest BCUT2D eigenvalue weighted by Gasteiger charge is -2.38. The summed E-state index contributed by atoms with van der Waals surface area (Å²) in [5.74, 6) is 0.584. The van der Waals surface area contributed by atoms with Gasteiger partial charge in [0.15, 0.2) is 0 Å². The number of amides is 2. The minimum atomic E-state index is -0.134. The van der Waals surface area contributed by atoms with E-state index in [1.165, 1.54) is 12.5 Å². The SMILES string of the molecule is Nc1ncncc1C(=O)N1CCC(CC(=O)N2CCCC[C@@H]2c2cccnc2)CC1. The number of nitrogen functional groups attached to an aromatic ring is 1. The highest BCUT2D eigenvalue weighted by Gasteiger charge is 2.31. The molecule has 2 aliphatic heterocycles. The Labute approximate surface area is 176 Å². The van der Waals surface area contributed by atoms with Gasteiger partial charge in [0.2, 0.25) is 5.91 Å². The van der Waals surface area contributed by atoms with E-state index in [-0.39, 0.29) is 23.7 Å². The molecule has 2 aromatic heterocycles. The summed E-state index contributed by atoms with van der Waals surface area (Å²) in [6.07, 6.45) is 11.8. The number of rotatable bonds is 4. The lowest BCUT2D eigenvalue weighted by molar-refractivity contribution is -0.136. The lowest BCUT2D eigenvalue weighted by atomic mass is 9.90. The van der Waals surface area contributed by atoms with Gasteiger partial charge in [-0.25, -0.2) is 9.97 Å². The molecule has 158 valence electrons. The number of carbonyl (C=O) groups is 2. The molecule has 2 fully saturated rings. The van der Waals surface area contributed by atoms with Gasteiger partial charge in [0.1, 0.15) is 12.1 Å². The zero-order valence-electron chi connectivity index (χ0n) is 17.1. The quantitative estimate of drug-likeness (QED) is 0.833. The predicted molar refractivity (Wildman–Crippen MR) is 112 cm³/mol. The van der Waals surface area contributed by atoms with Crippen LogP contribution >= 0.6 is 0 Å². The number of hydrogen-bond acceptors (Lipinski definition) is 6. The van der Waals surface area contributed by atoms with Crippen LogP contribution in [0.3, 0.4) is 0 Å². The Morgan fingerprint density at radius 2 is 1.90 bits per heavy atom. The van der Waals surface area contributed by atoms with E-state index in [1.54, 1.807) is 11.1 Å². The fourth-order valence-electron chi connectivity index (χ4n) is 4.53. The van der Waals surface area contributed by atoms with Crippen molar-refractivity contribution in [3.63, 3.8) is 0 Å². The van der Waals surface area contributed by atoms with E-state index in [2.05, 4.69) is 21.0 Å². The topological polar surface area (TPSA) is 105 Å². The maximum Gasteiger partial charge on any atom is 0.259 e. The van der Waals surface area contributed by atoms with E-state index in [0.717, 1.165) is 44.2 Å². The van der Waals surface area contributed by atoms with Gasteiger partial charge in [-0.1, -0.05) is 6.07 Å². The largest absolute Gasteiger partial charge is 0.383 e. The number of nitrogens with two attached hydrogens (primary N) is 1. The number of piperidine rings is 2. The third-order valence-electron chi connectivity index (χ3n) is 6.23. The molecule has 8 heteroatoms. The van der Waals surface area contributed by atoms with Crippen molar-refractivity contribution in [2.75, 3.05) is 25.4 Å². The number of carbonyl (C=O) groups excluding carboxylic acids is 2. The van der Waals surface area contributed by atoms with Crippen LogP contribution in [0, 0.1) is 5.92 Å². The molecule has 2 amide bonds. The summed E-state index contributed by atoms with van der Waals surface area (Å²) in [6.45, 7) is 2.05. The van der Waals surface area contributed by atoms with E-state index < -0.39 is 0 Å². The van der Waals surface area contributed by atoms with Crippen molar-refractivity contribution in [1.82, 2.24) is 24.8 Å². The molecule has 2 aromatic rings. The van der Waals surface area contributed by atoms with E-state index in [9.17, 15) is 9.59 Å². The van der Waals surface area contributed by atoms with Crippen LogP contribution in [0.4, 0.5) is 5.82 Å². The van der Waals surface area contributed by atoms with Crippen LogP contribution in [0.5, 0.6) is 0 Å². The minimum Gasteiger partial charge on any atom is -0.383 e. The van der Waals surface area contributed by atoms with Crippen LogP contribution < -0.4 is 5.73 Å². The second-order valence-corrected chi connectivity index (χ2v) is 8.15. The average molecular weight is 409 g/mol. The lowest BCUT2D eigenvalue weighted by Crippen LogP contribution is -2.42. The van der Waals surface area contributed by atoms with Crippen LogP contribution in [0.1, 0.15) is 60.5 Å². The monoisotopic (exact) mass is 408 g/mol. The molecule has 1 atom stereocenters. The number of nitrogens with zero attached hydrogens (tertiary/aromatic N) is 5. The van der Waals surface area contributed by atoms with Crippen LogP contribution in [-0.4, -0.2) is 56.2 Å². The highest BCUT2D eigenvalue weighted by molar-refractivity contribution is 5.98. The van der Waals surface area contributed by atoms with Crippen molar-refractivity contribution in [1.29, 1.82) is 0 Å². The molecule has 4 heterocycles. The van der Waals surface area contributed by atoms with E-state index >= 15 is 0 Å². The Morgan fingerprint density at radius 1 is 1.07 bits per heavy atom. The first kappa shape index (κ1) is 20.3. The summed E-state index contributed by atoms with van der Waals surface area (Å²) in [5.41, 5.74) is 7.28. The van der Waals surface area contributed by atoms with Gasteiger partial charge in [-0.05, 0) is 49.7 Å². The molecule has 0 bridgehead atoms. The maximum absolute atomic E-state index is 13.1. The Bertz CT molecular complexity index is 882. The first-order valence-electron chi connectivity index (χ1n) is 10.7. The van der Waals surface area contributed by atoms with Crippen molar-refractivity contribution in [2.24, 2.45) is 5.92 Å². The standard InChI is InChI=1S/C22H28N6O2/c23-21-18(14-25-15-26-21)22(30)27-10-6-16(7-11-27)12-20(29)28-9-2-1-5-19(28)17-4-3-8-24-13-17/h3-4,8,13-16,19H,1-2,5-7,9-12H2,(H2,23,25,26)/t19-/m1/s1. The fraction of sp³-hybridized carbons (Fsp3) is 0.500. The molecule has 30 heavy (non-hydrogen) atoms. The zero-order valence-corrected chi connectivity index (χ0v) is 17.1. The zero-order chi connectivity index (χ0) is 20.9. The summed E-state index contributed by atoms with van der Waals surface area (Å²) < 4.78 is 0. The van der Waals surface area contributed by atoms with Crippen molar-refractivity contribution in [3.05, 3.63) is 48.2 Å². The molecular formula is C22H28N6O2. The number of hydrogen-bond donors (Lipinski definition) is 1. The van der Waals surface area contributed by atoms with Gasteiger partial charge in [-0.15, -0.1) is 0 Å². The Morgan fingerprint density at radius 3 is 2.63 bits per heavy atom. The van der Waals surface area contributed by atoms with Gasteiger partial charge in [-0.3, -0.25) is 14.6 Å². The van der Waals surface area contributed by atoms with Crippen molar-refractivity contribution < 1.29 is 9.59 Å². The molecular weight excluding hydrogens is 380 g/mol. The summed E-state index contributed by atoms with van der Waals surface area (Å²) in [4.78, 5) is 41.7. The molecule has 0 saturated carbocycles. The number of likely N-dealkylation sites (tertiary alicyclic amines) is 2. The van der Waals surface area contributed by atoms with Crippen LogP contribution in [0.25, 0.3) is 0 Å². The van der Waals surface area contributed by atoms with Gasteiger partial charge in [0, 0.05) is 44.6 Å². The summed E-state index contributed by atoms with van der Waals surface area (Å²) >= 11 is 0. The molecule has 0 aromatic carbocycles. The van der Waals surface area contributed by atoms with Crippen molar-refractivity contribution in [3.8, 4) is 0 Å². The van der Waals surface area contributed by atoms with Crippen molar-refractivity contribution in [2.45, 2.75) is 44.6 Å². The van der Waals surface area contributed by atoms with E-state index in [0.29, 0.717) is 31.0 Å². The molecule has 0 spiro atoms. The molecule has 0 unspecified atom stereocenters. The first-order valence-corrected chi connectivity index (χ1v) is 10.7. The van der Waals surface area contributed by atoms with Crippen LogP contribution in [0.2, 0.25) is 0 Å². The van der Waals surface area contributed by atoms with Gasteiger partial charge >= 0.3 is 0 Å². The second-order valence-electron chi connectivity index (χ2n) is 8.15. The third kappa shape index (κ3) is 4.42. The Balaban J connectivity index is 1.34. The molecule has 2 aliphatic rings. The van der Waals surface area contributed by atoms with Gasteiger partial charge in [-0.2, -0.15) is 0 Å². The molecule has 0 radical (unpaired) electrons. The Hall–Kier alpha value is -3.03. The third-order valence-corrected chi connectivity index (χ3v) is 6.23. The Kier molecular flexibility index (Phi) is 6.21. The molecule has 2 N–H and O–H groups in total.